The summed E-state index contributed by atoms with van der Waals surface area (Å²) in [5.41, 5.74) is -0.276. The summed E-state index contributed by atoms with van der Waals surface area (Å²) in [6.07, 6.45) is 4.03. The normalized spacial score (nSPS) is 18.2. The van der Waals surface area contributed by atoms with E-state index in [4.69, 9.17) is 16.3 Å². The number of halogens is 1. The molecule has 2 heterocycles. The quantitative estimate of drug-likeness (QED) is 0.512. The van der Waals surface area contributed by atoms with Crippen molar-refractivity contribution >= 4 is 29.0 Å². The molecule has 8 heteroatoms. The summed E-state index contributed by atoms with van der Waals surface area (Å²) in [6.45, 7) is 0.730. The average molecular weight is 314 g/mol. The Balaban J connectivity index is 1.92. The molecule has 1 N–H and O–H groups in total. The van der Waals surface area contributed by atoms with Crippen LogP contribution in [-0.4, -0.2) is 28.5 Å². The molecule has 1 fully saturated rings. The van der Waals surface area contributed by atoms with Gasteiger partial charge >= 0.3 is 5.69 Å². The first kappa shape index (κ1) is 15.7. The van der Waals surface area contributed by atoms with Gasteiger partial charge in [-0.25, -0.2) is 4.98 Å². The van der Waals surface area contributed by atoms with Gasteiger partial charge in [0.05, 0.1) is 11.0 Å². The number of nitro groups is 1. The fourth-order valence-corrected chi connectivity index (χ4v) is 2.34. The third-order valence-electron chi connectivity index (χ3n) is 3.26. The monoisotopic (exact) mass is 313 g/mol. The van der Waals surface area contributed by atoms with Crippen molar-refractivity contribution < 1.29 is 14.5 Å². The van der Waals surface area contributed by atoms with Gasteiger partial charge in [-0.05, 0) is 31.7 Å². The van der Waals surface area contributed by atoms with Gasteiger partial charge in [-0.1, -0.05) is 11.6 Å². The molecule has 0 saturated carbocycles. The van der Waals surface area contributed by atoms with E-state index in [1.54, 1.807) is 0 Å². The van der Waals surface area contributed by atoms with E-state index < -0.39 is 4.92 Å². The molecule has 1 unspecified atom stereocenters. The Hall–Kier alpha value is -1.73. The van der Waals surface area contributed by atoms with E-state index in [0.717, 1.165) is 25.9 Å². The standard InChI is InChI=1S/C13H16ClN3O4/c14-11-6-5-10(17(19)20)13(15-11)16-12(18)7-4-9-3-1-2-8-21-9/h5-6,9H,1-4,7-8H2,(H,15,16,18). The van der Waals surface area contributed by atoms with Crippen molar-refractivity contribution in [2.75, 3.05) is 11.9 Å². The number of hydrogen-bond acceptors (Lipinski definition) is 5. The fraction of sp³-hybridized carbons (Fsp3) is 0.538. The topological polar surface area (TPSA) is 94.4 Å². The van der Waals surface area contributed by atoms with Crippen LogP contribution in [0.25, 0.3) is 0 Å². The zero-order valence-corrected chi connectivity index (χ0v) is 12.1. The van der Waals surface area contributed by atoms with Crippen molar-refractivity contribution in [1.82, 2.24) is 4.98 Å². The minimum atomic E-state index is -0.608. The van der Waals surface area contributed by atoms with Crippen molar-refractivity contribution in [3.8, 4) is 0 Å². The van der Waals surface area contributed by atoms with Crippen molar-refractivity contribution in [1.29, 1.82) is 0 Å². The van der Waals surface area contributed by atoms with Gasteiger partial charge in [0.25, 0.3) is 0 Å². The predicted molar refractivity (Wildman–Crippen MR) is 77.4 cm³/mol. The van der Waals surface area contributed by atoms with Crippen LogP contribution in [0.4, 0.5) is 11.5 Å². The molecule has 0 aliphatic carbocycles. The molecule has 1 aliphatic heterocycles. The van der Waals surface area contributed by atoms with Crippen LogP contribution in [-0.2, 0) is 9.53 Å². The fourth-order valence-electron chi connectivity index (χ4n) is 2.19. The largest absolute Gasteiger partial charge is 0.378 e. The molecule has 1 atom stereocenters. The van der Waals surface area contributed by atoms with Gasteiger partial charge in [0.15, 0.2) is 0 Å². The lowest BCUT2D eigenvalue weighted by Gasteiger charge is -2.22. The van der Waals surface area contributed by atoms with Gasteiger partial charge < -0.3 is 10.1 Å². The SMILES string of the molecule is O=C(CCC1CCCCO1)Nc1nc(Cl)ccc1[N+](=O)[O-]. The Morgan fingerprint density at radius 2 is 2.33 bits per heavy atom. The van der Waals surface area contributed by atoms with Crippen LogP contribution in [0.15, 0.2) is 12.1 Å². The summed E-state index contributed by atoms with van der Waals surface area (Å²) in [7, 11) is 0. The van der Waals surface area contributed by atoms with Crippen molar-refractivity contribution in [2.45, 2.75) is 38.2 Å². The van der Waals surface area contributed by atoms with E-state index in [9.17, 15) is 14.9 Å². The van der Waals surface area contributed by atoms with Crippen molar-refractivity contribution in [3.63, 3.8) is 0 Å². The van der Waals surface area contributed by atoms with Gasteiger partial charge in [0, 0.05) is 19.1 Å². The minimum Gasteiger partial charge on any atom is -0.378 e. The number of anilines is 1. The summed E-state index contributed by atoms with van der Waals surface area (Å²) < 4.78 is 5.53. The molecule has 1 aromatic rings. The van der Waals surface area contributed by atoms with Crippen molar-refractivity contribution in [2.24, 2.45) is 0 Å². The molecular weight excluding hydrogens is 298 g/mol. The first-order valence-corrected chi connectivity index (χ1v) is 7.16. The van der Waals surface area contributed by atoms with E-state index >= 15 is 0 Å². The Labute approximate surface area is 126 Å². The Morgan fingerprint density at radius 1 is 1.52 bits per heavy atom. The molecule has 1 amide bonds. The molecule has 0 bridgehead atoms. The van der Waals surface area contributed by atoms with Gasteiger partial charge in [-0.3, -0.25) is 14.9 Å². The van der Waals surface area contributed by atoms with E-state index in [2.05, 4.69) is 10.3 Å². The number of hydrogen-bond donors (Lipinski definition) is 1. The Morgan fingerprint density at radius 3 is 3.00 bits per heavy atom. The second-order valence-electron chi connectivity index (χ2n) is 4.83. The van der Waals surface area contributed by atoms with Crippen LogP contribution in [0.5, 0.6) is 0 Å². The smallest absolute Gasteiger partial charge is 0.311 e. The molecule has 21 heavy (non-hydrogen) atoms. The number of amides is 1. The third kappa shape index (κ3) is 4.64. The highest BCUT2D eigenvalue weighted by Gasteiger charge is 2.19. The van der Waals surface area contributed by atoms with Gasteiger partial charge in [0.2, 0.25) is 11.7 Å². The number of ether oxygens (including phenoxy) is 1. The lowest BCUT2D eigenvalue weighted by Crippen LogP contribution is -2.22. The number of rotatable bonds is 5. The van der Waals surface area contributed by atoms with Crippen LogP contribution < -0.4 is 5.32 Å². The highest BCUT2D eigenvalue weighted by molar-refractivity contribution is 6.29. The highest BCUT2D eigenvalue weighted by atomic mass is 35.5. The maximum Gasteiger partial charge on any atom is 0.311 e. The molecule has 114 valence electrons. The minimum absolute atomic E-state index is 0.0894. The predicted octanol–water partition coefficient (Wildman–Crippen LogP) is 2.93. The molecule has 1 aromatic heterocycles. The maximum absolute atomic E-state index is 11.9. The number of carbonyl (C=O) groups is 1. The van der Waals surface area contributed by atoms with Crippen LogP contribution in [0.2, 0.25) is 5.15 Å². The zero-order valence-electron chi connectivity index (χ0n) is 11.4. The third-order valence-corrected chi connectivity index (χ3v) is 3.47. The molecule has 1 aliphatic rings. The van der Waals surface area contributed by atoms with Crippen LogP contribution in [0.3, 0.4) is 0 Å². The van der Waals surface area contributed by atoms with E-state index in [1.165, 1.54) is 12.1 Å². The number of nitrogens with one attached hydrogen (secondary N) is 1. The van der Waals surface area contributed by atoms with Crippen LogP contribution in [0.1, 0.15) is 32.1 Å². The summed E-state index contributed by atoms with van der Waals surface area (Å²) in [5.74, 6) is -0.455. The molecule has 0 spiro atoms. The summed E-state index contributed by atoms with van der Waals surface area (Å²) >= 11 is 5.70. The van der Waals surface area contributed by atoms with Crippen LogP contribution >= 0.6 is 11.6 Å². The molecule has 0 aromatic carbocycles. The Bertz CT molecular complexity index is 532. The van der Waals surface area contributed by atoms with Crippen molar-refractivity contribution in [3.05, 3.63) is 27.4 Å². The first-order chi connectivity index (χ1) is 10.1. The van der Waals surface area contributed by atoms with E-state index in [1.807, 2.05) is 0 Å². The van der Waals surface area contributed by atoms with Crippen LogP contribution in [0, 0.1) is 10.1 Å². The molecule has 0 radical (unpaired) electrons. The number of pyridine rings is 1. The molecule has 1 saturated heterocycles. The number of nitrogens with zero attached hydrogens (tertiary/aromatic N) is 2. The highest BCUT2D eigenvalue weighted by Crippen LogP contribution is 2.24. The molecular formula is C13H16ClN3O4. The maximum atomic E-state index is 11.9. The second kappa shape index (κ2) is 7.33. The summed E-state index contributed by atoms with van der Waals surface area (Å²) in [4.78, 5) is 25.9. The number of carbonyl (C=O) groups excluding carboxylic acids is 1. The first-order valence-electron chi connectivity index (χ1n) is 6.78. The lowest BCUT2D eigenvalue weighted by molar-refractivity contribution is -0.384. The Kier molecular flexibility index (Phi) is 5.46. The summed E-state index contributed by atoms with van der Waals surface area (Å²) in [5, 5.41) is 13.4. The van der Waals surface area contributed by atoms with E-state index in [0.29, 0.717) is 6.42 Å². The van der Waals surface area contributed by atoms with Gasteiger partial charge in [-0.2, -0.15) is 0 Å². The summed E-state index contributed by atoms with van der Waals surface area (Å²) in [6, 6.07) is 2.53. The average Bonchev–Trinajstić information content (AvgIpc) is 2.46. The second-order valence-corrected chi connectivity index (χ2v) is 5.22. The lowest BCUT2D eigenvalue weighted by atomic mass is 10.0. The van der Waals surface area contributed by atoms with Gasteiger partial charge in [-0.15, -0.1) is 0 Å². The van der Waals surface area contributed by atoms with Gasteiger partial charge in [0.1, 0.15) is 5.15 Å². The number of aromatic nitrogens is 1. The molecule has 7 nitrogen and oxygen atoms in total. The zero-order chi connectivity index (χ0) is 15.2. The van der Waals surface area contributed by atoms with E-state index in [-0.39, 0.29) is 35.1 Å². The molecule has 2 rings (SSSR count).